The number of nitrogens with one attached hydrogen (secondary N) is 1. The highest BCUT2D eigenvalue weighted by Crippen LogP contribution is 2.35. The minimum absolute atomic E-state index is 0.0310. The second-order valence-electron chi connectivity index (χ2n) is 4.88. The number of nitrogens with zero attached hydrogens (tertiary/aromatic N) is 1. The van der Waals surface area contributed by atoms with Gasteiger partial charge in [0, 0.05) is 12.6 Å². The van der Waals surface area contributed by atoms with E-state index in [4.69, 9.17) is 0 Å². The number of anilines is 2. The molecule has 2 aromatic carbocycles. The first kappa shape index (κ1) is 15.4. The van der Waals surface area contributed by atoms with Crippen LogP contribution in [-0.2, 0) is 0 Å². The summed E-state index contributed by atoms with van der Waals surface area (Å²) in [6, 6.07) is 11.4. The summed E-state index contributed by atoms with van der Waals surface area (Å²) in [5.74, 6) is -0.703. The lowest BCUT2D eigenvalue weighted by atomic mass is 10.0. The molecule has 0 aliphatic rings. The molecule has 2 aromatic rings. The fraction of sp³-hybridized carbons (Fsp3) is 0.294. The van der Waals surface area contributed by atoms with Gasteiger partial charge in [-0.3, -0.25) is 0 Å². The predicted octanol–water partition coefficient (Wildman–Crippen LogP) is 4.40. The van der Waals surface area contributed by atoms with Gasteiger partial charge in [0.15, 0.2) is 0 Å². The van der Waals surface area contributed by atoms with Gasteiger partial charge in [0.25, 0.3) is 0 Å². The molecule has 0 aliphatic heterocycles. The average molecular weight is 290 g/mol. The Bertz CT molecular complexity index is 613. The van der Waals surface area contributed by atoms with Gasteiger partial charge in [-0.2, -0.15) is 0 Å². The molecule has 0 spiro atoms. The molecule has 0 saturated heterocycles. The summed E-state index contributed by atoms with van der Waals surface area (Å²) in [5.41, 5.74) is 1.62. The molecular formula is C17H20F2N2. The molecule has 1 atom stereocenters. The molecule has 0 heterocycles. The highest BCUT2D eigenvalue weighted by Gasteiger charge is 2.21. The molecular weight excluding hydrogens is 270 g/mol. The van der Waals surface area contributed by atoms with Crippen LogP contribution < -0.4 is 10.2 Å². The molecule has 4 heteroatoms. The van der Waals surface area contributed by atoms with Crippen molar-refractivity contribution in [3.63, 3.8) is 0 Å². The van der Waals surface area contributed by atoms with E-state index in [0.717, 1.165) is 5.56 Å². The summed E-state index contributed by atoms with van der Waals surface area (Å²) in [6.07, 6.45) is 0. The van der Waals surface area contributed by atoms with Crippen molar-refractivity contribution >= 4 is 11.4 Å². The van der Waals surface area contributed by atoms with E-state index < -0.39 is 0 Å². The average Bonchev–Trinajstić information content (AvgIpc) is 2.50. The van der Waals surface area contributed by atoms with Crippen LogP contribution >= 0.6 is 0 Å². The number of rotatable bonds is 5. The Morgan fingerprint density at radius 3 is 2.33 bits per heavy atom. The van der Waals surface area contributed by atoms with Crippen molar-refractivity contribution in [2.24, 2.45) is 0 Å². The van der Waals surface area contributed by atoms with Crippen LogP contribution in [-0.4, -0.2) is 13.6 Å². The number of hydrogen-bond donors (Lipinski definition) is 1. The third-order valence-corrected chi connectivity index (χ3v) is 3.65. The fourth-order valence-electron chi connectivity index (χ4n) is 2.44. The molecule has 112 valence electrons. The van der Waals surface area contributed by atoms with E-state index in [1.807, 2.05) is 27.0 Å². The maximum atomic E-state index is 14.4. The van der Waals surface area contributed by atoms with Crippen molar-refractivity contribution in [3.05, 3.63) is 59.7 Å². The number of halogens is 2. The van der Waals surface area contributed by atoms with Gasteiger partial charge in [0.05, 0.1) is 11.4 Å². The molecule has 21 heavy (non-hydrogen) atoms. The Morgan fingerprint density at radius 1 is 1.05 bits per heavy atom. The maximum Gasteiger partial charge on any atom is 0.147 e. The van der Waals surface area contributed by atoms with Gasteiger partial charge in [0.2, 0.25) is 0 Å². The molecule has 0 fully saturated rings. The van der Waals surface area contributed by atoms with E-state index in [0.29, 0.717) is 17.9 Å². The molecule has 0 aliphatic carbocycles. The standard InChI is InChI=1S/C17H20F2N2/c1-4-21(16-11-6-5-9-14(16)18)17-13(12(2)20-3)8-7-10-15(17)19/h5-12,20H,4H2,1-3H3. The van der Waals surface area contributed by atoms with E-state index in [-0.39, 0.29) is 17.7 Å². The summed E-state index contributed by atoms with van der Waals surface area (Å²) in [6.45, 7) is 4.31. The predicted molar refractivity (Wildman–Crippen MR) is 83.0 cm³/mol. The minimum Gasteiger partial charge on any atom is -0.337 e. The van der Waals surface area contributed by atoms with E-state index in [1.165, 1.54) is 12.1 Å². The summed E-state index contributed by atoms with van der Waals surface area (Å²) in [4.78, 5) is 1.67. The van der Waals surface area contributed by atoms with Gasteiger partial charge in [0.1, 0.15) is 11.6 Å². The molecule has 2 nitrogen and oxygen atoms in total. The Balaban J connectivity index is 2.60. The third-order valence-electron chi connectivity index (χ3n) is 3.65. The SMILES string of the molecule is CCN(c1ccccc1F)c1c(F)cccc1C(C)NC. The van der Waals surface area contributed by atoms with Crippen molar-refractivity contribution in [1.82, 2.24) is 5.32 Å². The monoisotopic (exact) mass is 290 g/mol. The molecule has 0 bridgehead atoms. The van der Waals surface area contributed by atoms with Crippen LogP contribution in [0.25, 0.3) is 0 Å². The first-order valence-electron chi connectivity index (χ1n) is 7.07. The Labute approximate surface area is 124 Å². The van der Waals surface area contributed by atoms with Crippen LogP contribution in [0.2, 0.25) is 0 Å². The summed E-state index contributed by atoms with van der Waals surface area (Å²) >= 11 is 0. The van der Waals surface area contributed by atoms with Crippen LogP contribution in [0.4, 0.5) is 20.2 Å². The second kappa shape index (κ2) is 6.68. The Hall–Kier alpha value is -1.94. The van der Waals surface area contributed by atoms with Crippen molar-refractivity contribution in [2.75, 3.05) is 18.5 Å². The van der Waals surface area contributed by atoms with Crippen molar-refractivity contribution in [3.8, 4) is 0 Å². The second-order valence-corrected chi connectivity index (χ2v) is 4.88. The van der Waals surface area contributed by atoms with Crippen molar-refractivity contribution in [1.29, 1.82) is 0 Å². The zero-order chi connectivity index (χ0) is 15.4. The minimum atomic E-state index is -0.356. The summed E-state index contributed by atoms with van der Waals surface area (Å²) < 4.78 is 28.5. The molecule has 0 amide bonds. The highest BCUT2D eigenvalue weighted by atomic mass is 19.1. The largest absolute Gasteiger partial charge is 0.337 e. The van der Waals surface area contributed by atoms with Crippen LogP contribution in [0.3, 0.4) is 0 Å². The summed E-state index contributed by atoms with van der Waals surface area (Å²) in [7, 11) is 1.82. The zero-order valence-electron chi connectivity index (χ0n) is 12.5. The van der Waals surface area contributed by atoms with Gasteiger partial charge < -0.3 is 10.2 Å². The molecule has 1 unspecified atom stereocenters. The topological polar surface area (TPSA) is 15.3 Å². The molecule has 0 radical (unpaired) electrons. The summed E-state index contributed by atoms with van der Waals surface area (Å²) in [5, 5.41) is 3.11. The van der Waals surface area contributed by atoms with Crippen LogP contribution in [0, 0.1) is 11.6 Å². The Morgan fingerprint density at radius 2 is 1.71 bits per heavy atom. The van der Waals surface area contributed by atoms with Crippen LogP contribution in [0.1, 0.15) is 25.5 Å². The lowest BCUT2D eigenvalue weighted by Crippen LogP contribution is -2.23. The lowest BCUT2D eigenvalue weighted by Gasteiger charge is -2.28. The van der Waals surface area contributed by atoms with E-state index in [1.54, 1.807) is 29.2 Å². The first-order chi connectivity index (χ1) is 10.1. The van der Waals surface area contributed by atoms with E-state index in [2.05, 4.69) is 5.32 Å². The van der Waals surface area contributed by atoms with Crippen LogP contribution in [0.15, 0.2) is 42.5 Å². The lowest BCUT2D eigenvalue weighted by molar-refractivity contribution is 0.600. The van der Waals surface area contributed by atoms with E-state index >= 15 is 0 Å². The Kier molecular flexibility index (Phi) is 4.91. The fourth-order valence-corrected chi connectivity index (χ4v) is 2.44. The maximum absolute atomic E-state index is 14.4. The van der Waals surface area contributed by atoms with Crippen LogP contribution in [0.5, 0.6) is 0 Å². The quantitative estimate of drug-likeness (QED) is 0.878. The van der Waals surface area contributed by atoms with Crippen molar-refractivity contribution < 1.29 is 8.78 Å². The number of benzene rings is 2. The van der Waals surface area contributed by atoms with Gasteiger partial charge in [-0.05, 0) is 44.7 Å². The van der Waals surface area contributed by atoms with E-state index in [9.17, 15) is 8.78 Å². The van der Waals surface area contributed by atoms with Gasteiger partial charge >= 0.3 is 0 Å². The first-order valence-corrected chi connectivity index (χ1v) is 7.07. The van der Waals surface area contributed by atoms with Crippen molar-refractivity contribution in [2.45, 2.75) is 19.9 Å². The third kappa shape index (κ3) is 3.05. The normalized spacial score (nSPS) is 12.2. The zero-order valence-corrected chi connectivity index (χ0v) is 12.5. The molecule has 0 saturated carbocycles. The smallest absolute Gasteiger partial charge is 0.147 e. The number of para-hydroxylation sites is 2. The van der Waals surface area contributed by atoms with Gasteiger partial charge in [-0.25, -0.2) is 8.78 Å². The number of hydrogen-bond acceptors (Lipinski definition) is 2. The van der Waals surface area contributed by atoms with Gasteiger partial charge in [-0.15, -0.1) is 0 Å². The molecule has 2 rings (SSSR count). The highest BCUT2D eigenvalue weighted by molar-refractivity contribution is 5.68. The molecule has 0 aromatic heterocycles. The van der Waals surface area contributed by atoms with Gasteiger partial charge in [-0.1, -0.05) is 24.3 Å². The molecule has 1 N–H and O–H groups in total.